The van der Waals surface area contributed by atoms with Crippen LogP contribution in [0.25, 0.3) is 0 Å². The van der Waals surface area contributed by atoms with Gasteiger partial charge in [0.25, 0.3) is 0 Å². The zero-order valence-electron chi connectivity index (χ0n) is 9.25. The lowest BCUT2D eigenvalue weighted by Crippen LogP contribution is -2.40. The molecule has 0 spiro atoms. The molecule has 14 heavy (non-hydrogen) atoms. The second-order valence-corrected chi connectivity index (χ2v) is 3.84. The molecule has 2 N–H and O–H groups in total. The van der Waals surface area contributed by atoms with Gasteiger partial charge in [0.05, 0.1) is 6.61 Å². The topological polar surface area (TPSA) is 58.6 Å². The SMILES string of the molecule is COCC(NCCCC(C)C)C(=O)O. The second-order valence-electron chi connectivity index (χ2n) is 3.84. The summed E-state index contributed by atoms with van der Waals surface area (Å²) in [7, 11) is 1.51. The summed E-state index contributed by atoms with van der Waals surface area (Å²) < 4.78 is 4.80. The molecule has 4 nitrogen and oxygen atoms in total. The molecule has 0 amide bonds. The highest BCUT2D eigenvalue weighted by molar-refractivity contribution is 5.73. The number of methoxy groups -OCH3 is 1. The number of carboxylic acid groups (broad SMARTS) is 1. The van der Waals surface area contributed by atoms with Gasteiger partial charge in [0.2, 0.25) is 0 Å². The first-order chi connectivity index (χ1) is 6.57. The van der Waals surface area contributed by atoms with Gasteiger partial charge in [-0.25, -0.2) is 0 Å². The van der Waals surface area contributed by atoms with Crippen LogP contribution in [-0.2, 0) is 9.53 Å². The van der Waals surface area contributed by atoms with Crippen molar-refractivity contribution in [1.82, 2.24) is 5.32 Å². The minimum absolute atomic E-state index is 0.219. The van der Waals surface area contributed by atoms with Crippen molar-refractivity contribution in [2.75, 3.05) is 20.3 Å². The Morgan fingerprint density at radius 2 is 2.14 bits per heavy atom. The predicted octanol–water partition coefficient (Wildman–Crippen LogP) is 1.11. The van der Waals surface area contributed by atoms with Crippen LogP contribution in [0.3, 0.4) is 0 Å². The zero-order valence-corrected chi connectivity index (χ0v) is 9.25. The van der Waals surface area contributed by atoms with Crippen LogP contribution in [0, 0.1) is 5.92 Å². The van der Waals surface area contributed by atoms with Crippen LogP contribution in [0.4, 0.5) is 0 Å². The van der Waals surface area contributed by atoms with E-state index in [0.29, 0.717) is 5.92 Å². The van der Waals surface area contributed by atoms with Crippen molar-refractivity contribution < 1.29 is 14.6 Å². The summed E-state index contributed by atoms with van der Waals surface area (Å²) in [6.45, 7) is 5.27. The lowest BCUT2D eigenvalue weighted by atomic mass is 10.1. The molecule has 0 aromatic rings. The van der Waals surface area contributed by atoms with E-state index in [1.165, 1.54) is 7.11 Å². The summed E-state index contributed by atoms with van der Waals surface area (Å²) in [5.41, 5.74) is 0. The lowest BCUT2D eigenvalue weighted by Gasteiger charge is -2.13. The first-order valence-corrected chi connectivity index (χ1v) is 5.03. The van der Waals surface area contributed by atoms with Crippen LogP contribution < -0.4 is 5.32 Å². The van der Waals surface area contributed by atoms with E-state index in [-0.39, 0.29) is 6.61 Å². The van der Waals surface area contributed by atoms with Crippen LogP contribution >= 0.6 is 0 Å². The average molecular weight is 203 g/mol. The molecular formula is C10H21NO3. The Morgan fingerprint density at radius 1 is 1.50 bits per heavy atom. The normalized spacial score (nSPS) is 13.1. The highest BCUT2D eigenvalue weighted by Gasteiger charge is 2.15. The molecule has 0 radical (unpaired) electrons. The van der Waals surface area contributed by atoms with E-state index in [0.717, 1.165) is 19.4 Å². The molecule has 0 bridgehead atoms. The maximum absolute atomic E-state index is 10.7. The van der Waals surface area contributed by atoms with Gasteiger partial charge in [-0.3, -0.25) is 4.79 Å². The smallest absolute Gasteiger partial charge is 0.323 e. The lowest BCUT2D eigenvalue weighted by molar-refractivity contribution is -0.140. The van der Waals surface area contributed by atoms with Crippen molar-refractivity contribution in [3.63, 3.8) is 0 Å². The molecule has 0 aromatic carbocycles. The molecular weight excluding hydrogens is 182 g/mol. The molecule has 1 atom stereocenters. The van der Waals surface area contributed by atoms with Gasteiger partial charge in [-0.05, 0) is 25.3 Å². The fourth-order valence-electron chi connectivity index (χ4n) is 1.17. The largest absolute Gasteiger partial charge is 0.480 e. The van der Waals surface area contributed by atoms with Crippen LogP contribution in [0.1, 0.15) is 26.7 Å². The van der Waals surface area contributed by atoms with Gasteiger partial charge < -0.3 is 15.2 Å². The van der Waals surface area contributed by atoms with Crippen LogP contribution in [0.5, 0.6) is 0 Å². The zero-order chi connectivity index (χ0) is 11.0. The Morgan fingerprint density at radius 3 is 2.57 bits per heavy atom. The summed E-state index contributed by atoms with van der Waals surface area (Å²) in [5, 5.41) is 11.7. The van der Waals surface area contributed by atoms with Crippen molar-refractivity contribution in [3.8, 4) is 0 Å². The van der Waals surface area contributed by atoms with E-state index in [1.807, 2.05) is 0 Å². The third-order valence-corrected chi connectivity index (χ3v) is 1.98. The molecule has 0 aromatic heterocycles. The number of rotatable bonds is 8. The molecule has 0 fully saturated rings. The fraction of sp³-hybridized carbons (Fsp3) is 0.900. The van der Waals surface area contributed by atoms with E-state index >= 15 is 0 Å². The van der Waals surface area contributed by atoms with E-state index < -0.39 is 12.0 Å². The number of aliphatic carboxylic acids is 1. The van der Waals surface area contributed by atoms with Crippen molar-refractivity contribution in [2.24, 2.45) is 5.92 Å². The van der Waals surface area contributed by atoms with Crippen molar-refractivity contribution >= 4 is 5.97 Å². The molecule has 84 valence electrons. The summed E-state index contributed by atoms with van der Waals surface area (Å²) >= 11 is 0. The van der Waals surface area contributed by atoms with Gasteiger partial charge in [-0.2, -0.15) is 0 Å². The fourth-order valence-corrected chi connectivity index (χ4v) is 1.17. The molecule has 0 aliphatic rings. The molecule has 4 heteroatoms. The number of ether oxygens (including phenoxy) is 1. The summed E-state index contributed by atoms with van der Waals surface area (Å²) in [6.07, 6.45) is 2.12. The molecule has 0 aliphatic heterocycles. The standard InChI is InChI=1S/C10H21NO3/c1-8(2)5-4-6-11-9(7-14-3)10(12)13/h8-9,11H,4-7H2,1-3H3,(H,12,13). The second kappa shape index (κ2) is 7.76. The van der Waals surface area contributed by atoms with Gasteiger partial charge in [-0.15, -0.1) is 0 Å². The first kappa shape index (κ1) is 13.4. The molecule has 0 rings (SSSR count). The van der Waals surface area contributed by atoms with Gasteiger partial charge in [0, 0.05) is 7.11 Å². The van der Waals surface area contributed by atoms with Crippen LogP contribution in [-0.4, -0.2) is 37.4 Å². The number of carbonyl (C=O) groups is 1. The quantitative estimate of drug-likeness (QED) is 0.580. The van der Waals surface area contributed by atoms with E-state index in [2.05, 4.69) is 19.2 Å². The maximum Gasteiger partial charge on any atom is 0.323 e. The average Bonchev–Trinajstić information content (AvgIpc) is 2.09. The number of nitrogens with one attached hydrogen (secondary N) is 1. The molecule has 0 aliphatic carbocycles. The van der Waals surface area contributed by atoms with Gasteiger partial charge in [-0.1, -0.05) is 13.8 Å². The summed E-state index contributed by atoms with van der Waals surface area (Å²) in [6, 6.07) is -0.577. The van der Waals surface area contributed by atoms with Crippen LogP contribution in [0.2, 0.25) is 0 Å². The molecule has 1 unspecified atom stereocenters. The first-order valence-electron chi connectivity index (χ1n) is 5.03. The van der Waals surface area contributed by atoms with Gasteiger partial charge in [0.1, 0.15) is 6.04 Å². The van der Waals surface area contributed by atoms with Gasteiger partial charge >= 0.3 is 5.97 Å². The molecule has 0 saturated carbocycles. The number of hydrogen-bond donors (Lipinski definition) is 2. The molecule has 0 heterocycles. The van der Waals surface area contributed by atoms with Crippen LogP contribution in [0.15, 0.2) is 0 Å². The Balaban J connectivity index is 3.56. The van der Waals surface area contributed by atoms with E-state index in [1.54, 1.807) is 0 Å². The highest BCUT2D eigenvalue weighted by Crippen LogP contribution is 2.02. The van der Waals surface area contributed by atoms with E-state index in [9.17, 15) is 4.79 Å². The Hall–Kier alpha value is -0.610. The third-order valence-electron chi connectivity index (χ3n) is 1.98. The van der Waals surface area contributed by atoms with Crippen molar-refractivity contribution in [2.45, 2.75) is 32.7 Å². The highest BCUT2D eigenvalue weighted by atomic mass is 16.5. The predicted molar refractivity (Wildman–Crippen MR) is 55.4 cm³/mol. The van der Waals surface area contributed by atoms with Crippen molar-refractivity contribution in [3.05, 3.63) is 0 Å². The van der Waals surface area contributed by atoms with Crippen molar-refractivity contribution in [1.29, 1.82) is 0 Å². The Kier molecular flexibility index (Phi) is 7.42. The minimum Gasteiger partial charge on any atom is -0.480 e. The Labute approximate surface area is 85.6 Å². The number of hydrogen-bond acceptors (Lipinski definition) is 3. The summed E-state index contributed by atoms with van der Waals surface area (Å²) in [4.78, 5) is 10.7. The Bertz CT molecular complexity index is 159. The monoisotopic (exact) mass is 203 g/mol. The van der Waals surface area contributed by atoms with E-state index in [4.69, 9.17) is 9.84 Å². The maximum atomic E-state index is 10.7. The minimum atomic E-state index is -0.851. The molecule has 0 saturated heterocycles. The summed E-state index contributed by atoms with van der Waals surface area (Å²) in [5.74, 6) is -0.182. The number of carboxylic acids is 1. The van der Waals surface area contributed by atoms with Gasteiger partial charge in [0.15, 0.2) is 0 Å². The third kappa shape index (κ3) is 6.86.